The quantitative estimate of drug-likeness (QED) is 0.487. The van der Waals surface area contributed by atoms with E-state index in [-0.39, 0.29) is 0 Å². The summed E-state index contributed by atoms with van der Waals surface area (Å²) < 4.78 is 5.58. The van der Waals surface area contributed by atoms with Crippen molar-refractivity contribution in [3.05, 3.63) is 84.1 Å². The van der Waals surface area contributed by atoms with Crippen LogP contribution in [-0.4, -0.2) is 6.61 Å². The molecular formula is C20H24O. The number of hydrogen-bond acceptors (Lipinski definition) is 1. The van der Waals surface area contributed by atoms with Crippen LogP contribution < -0.4 is 0 Å². The summed E-state index contributed by atoms with van der Waals surface area (Å²) in [5.41, 5.74) is 2.73. The fraction of sp³-hybridized carbons (Fsp3) is 0.300. The molecule has 2 aromatic rings. The van der Waals surface area contributed by atoms with E-state index in [1.807, 2.05) is 12.3 Å². The van der Waals surface area contributed by atoms with Crippen molar-refractivity contribution in [3.63, 3.8) is 0 Å². The monoisotopic (exact) mass is 280 g/mol. The smallest absolute Gasteiger partial charge is 0.0913 e. The zero-order valence-corrected chi connectivity index (χ0v) is 12.7. The second-order valence-corrected chi connectivity index (χ2v) is 5.44. The van der Waals surface area contributed by atoms with Crippen molar-refractivity contribution in [1.82, 2.24) is 0 Å². The molecule has 0 aromatic heterocycles. The third-order valence-electron chi connectivity index (χ3n) is 3.59. The Morgan fingerprint density at radius 1 is 0.857 bits per heavy atom. The predicted molar refractivity (Wildman–Crippen MR) is 89.2 cm³/mol. The summed E-state index contributed by atoms with van der Waals surface area (Å²) in [6.07, 6.45) is 7.26. The van der Waals surface area contributed by atoms with Gasteiger partial charge in [-0.15, -0.1) is 0 Å². The van der Waals surface area contributed by atoms with Gasteiger partial charge in [-0.05, 0) is 36.0 Å². The minimum Gasteiger partial charge on any atom is -0.501 e. The zero-order chi connectivity index (χ0) is 14.8. The van der Waals surface area contributed by atoms with Gasteiger partial charge in [-0.25, -0.2) is 0 Å². The lowest BCUT2D eigenvalue weighted by Gasteiger charge is -2.06. The van der Waals surface area contributed by atoms with Crippen molar-refractivity contribution in [3.8, 4) is 0 Å². The van der Waals surface area contributed by atoms with Gasteiger partial charge in [0, 0.05) is 6.42 Å². The Morgan fingerprint density at radius 3 is 2.05 bits per heavy atom. The Labute approximate surface area is 128 Å². The number of hydrogen-bond donors (Lipinski definition) is 0. The number of aryl methyl sites for hydroxylation is 1. The van der Waals surface area contributed by atoms with E-state index in [4.69, 9.17) is 4.74 Å². The molecule has 0 amide bonds. The van der Waals surface area contributed by atoms with Crippen molar-refractivity contribution in [2.75, 3.05) is 6.61 Å². The van der Waals surface area contributed by atoms with E-state index in [9.17, 15) is 0 Å². The summed E-state index contributed by atoms with van der Waals surface area (Å²) in [5, 5.41) is 0. The summed E-state index contributed by atoms with van der Waals surface area (Å²) in [7, 11) is 0. The van der Waals surface area contributed by atoms with Crippen molar-refractivity contribution in [2.45, 2.75) is 26.2 Å². The van der Waals surface area contributed by atoms with Crippen LogP contribution in [0, 0.1) is 5.92 Å². The molecule has 2 rings (SSSR count). The summed E-state index contributed by atoms with van der Waals surface area (Å²) >= 11 is 0. The summed E-state index contributed by atoms with van der Waals surface area (Å²) in [6, 6.07) is 21.1. The summed E-state index contributed by atoms with van der Waals surface area (Å²) in [5.74, 6) is 0.543. The fourth-order valence-corrected chi connectivity index (χ4v) is 2.21. The van der Waals surface area contributed by atoms with Crippen molar-refractivity contribution >= 4 is 0 Å². The normalized spacial score (nSPS) is 12.4. The highest BCUT2D eigenvalue weighted by Crippen LogP contribution is 2.10. The van der Waals surface area contributed by atoms with Gasteiger partial charge in [0.25, 0.3) is 0 Å². The van der Waals surface area contributed by atoms with E-state index in [1.165, 1.54) is 11.1 Å². The van der Waals surface area contributed by atoms with Gasteiger partial charge in [0.1, 0.15) is 0 Å². The van der Waals surface area contributed by atoms with E-state index in [0.29, 0.717) is 5.92 Å². The van der Waals surface area contributed by atoms with Crippen LogP contribution in [0.1, 0.15) is 24.5 Å². The summed E-state index contributed by atoms with van der Waals surface area (Å²) in [4.78, 5) is 0. The van der Waals surface area contributed by atoms with Crippen LogP contribution in [0.25, 0.3) is 0 Å². The maximum absolute atomic E-state index is 5.58. The third-order valence-corrected chi connectivity index (χ3v) is 3.59. The van der Waals surface area contributed by atoms with Gasteiger partial charge >= 0.3 is 0 Å². The lowest BCUT2D eigenvalue weighted by atomic mass is 10.0. The molecule has 0 spiro atoms. The molecule has 1 atom stereocenters. The Bertz CT molecular complexity index is 516. The molecule has 110 valence electrons. The molecule has 0 saturated heterocycles. The maximum atomic E-state index is 5.58. The van der Waals surface area contributed by atoms with E-state index < -0.39 is 0 Å². The largest absolute Gasteiger partial charge is 0.501 e. The van der Waals surface area contributed by atoms with Gasteiger partial charge in [0.05, 0.1) is 12.9 Å². The van der Waals surface area contributed by atoms with Crippen molar-refractivity contribution in [1.29, 1.82) is 0 Å². The van der Waals surface area contributed by atoms with Crippen molar-refractivity contribution in [2.24, 2.45) is 5.92 Å². The zero-order valence-electron chi connectivity index (χ0n) is 12.7. The molecule has 0 fully saturated rings. The van der Waals surface area contributed by atoms with Gasteiger partial charge in [-0.1, -0.05) is 67.6 Å². The number of allylic oxidation sites excluding steroid dienone is 1. The van der Waals surface area contributed by atoms with Crippen LogP contribution in [0.5, 0.6) is 0 Å². The van der Waals surface area contributed by atoms with E-state index in [1.54, 1.807) is 0 Å². The maximum Gasteiger partial charge on any atom is 0.0913 e. The number of rotatable bonds is 8. The van der Waals surface area contributed by atoms with Gasteiger partial charge in [-0.2, -0.15) is 0 Å². The minimum atomic E-state index is 0.543. The van der Waals surface area contributed by atoms with Crippen LogP contribution in [-0.2, 0) is 17.6 Å². The molecule has 0 aliphatic rings. The molecule has 0 N–H and O–H groups in total. The van der Waals surface area contributed by atoms with Gasteiger partial charge < -0.3 is 4.74 Å². The Kier molecular flexibility index (Phi) is 6.60. The number of ether oxygens (including phenoxy) is 1. The molecular weight excluding hydrogens is 256 g/mol. The molecule has 2 aromatic carbocycles. The number of benzene rings is 2. The first-order valence-corrected chi connectivity index (χ1v) is 7.71. The van der Waals surface area contributed by atoms with Gasteiger partial charge in [0.15, 0.2) is 0 Å². The first kappa shape index (κ1) is 15.4. The summed E-state index contributed by atoms with van der Waals surface area (Å²) in [6.45, 7) is 2.98. The lowest BCUT2D eigenvalue weighted by Crippen LogP contribution is -1.96. The fourth-order valence-electron chi connectivity index (χ4n) is 2.21. The van der Waals surface area contributed by atoms with Gasteiger partial charge in [-0.3, -0.25) is 0 Å². The molecule has 0 radical (unpaired) electrons. The predicted octanol–water partition coefficient (Wildman–Crippen LogP) is 5.03. The molecule has 0 bridgehead atoms. The average Bonchev–Trinajstić information content (AvgIpc) is 2.54. The van der Waals surface area contributed by atoms with E-state index in [0.717, 1.165) is 25.9 Å². The average molecular weight is 280 g/mol. The Morgan fingerprint density at radius 2 is 1.43 bits per heavy atom. The SMILES string of the molecule is CC(C=COCCc1ccccc1)CCc1ccccc1. The van der Waals surface area contributed by atoms with E-state index in [2.05, 4.69) is 67.6 Å². The van der Waals surface area contributed by atoms with Gasteiger partial charge in [0.2, 0.25) is 0 Å². The molecule has 21 heavy (non-hydrogen) atoms. The standard InChI is InChI=1S/C20H24O/c1-18(12-13-19-8-4-2-5-9-19)14-16-21-17-15-20-10-6-3-7-11-20/h2-11,14,16,18H,12-13,15,17H2,1H3. The van der Waals surface area contributed by atoms with Crippen LogP contribution in [0.15, 0.2) is 73.0 Å². The van der Waals surface area contributed by atoms with E-state index >= 15 is 0 Å². The molecule has 0 saturated carbocycles. The topological polar surface area (TPSA) is 9.23 Å². The molecule has 1 unspecified atom stereocenters. The molecule has 1 nitrogen and oxygen atoms in total. The van der Waals surface area contributed by atoms with Crippen LogP contribution >= 0.6 is 0 Å². The second kappa shape index (κ2) is 9.02. The second-order valence-electron chi connectivity index (χ2n) is 5.44. The first-order valence-electron chi connectivity index (χ1n) is 7.71. The van der Waals surface area contributed by atoms with Crippen LogP contribution in [0.3, 0.4) is 0 Å². The molecule has 0 aliphatic heterocycles. The third kappa shape index (κ3) is 6.31. The highest BCUT2D eigenvalue weighted by Gasteiger charge is 1.98. The first-order chi connectivity index (χ1) is 10.3. The van der Waals surface area contributed by atoms with Crippen LogP contribution in [0.2, 0.25) is 0 Å². The molecule has 0 heterocycles. The molecule has 0 aliphatic carbocycles. The van der Waals surface area contributed by atoms with Crippen LogP contribution in [0.4, 0.5) is 0 Å². The Balaban J connectivity index is 1.60. The highest BCUT2D eigenvalue weighted by molar-refractivity contribution is 5.15. The minimum absolute atomic E-state index is 0.543. The molecule has 1 heteroatoms. The highest BCUT2D eigenvalue weighted by atomic mass is 16.5. The lowest BCUT2D eigenvalue weighted by molar-refractivity contribution is 0.251. The Hall–Kier alpha value is -2.02. The van der Waals surface area contributed by atoms with Crippen molar-refractivity contribution < 1.29 is 4.74 Å².